The van der Waals surface area contributed by atoms with E-state index in [0.717, 1.165) is 21.4 Å². The van der Waals surface area contributed by atoms with Gasteiger partial charge in [-0.05, 0) is 43.7 Å². The van der Waals surface area contributed by atoms with Crippen molar-refractivity contribution in [3.8, 4) is 5.69 Å². The molecule has 4 rings (SSSR count). The second-order valence-electron chi connectivity index (χ2n) is 6.80. The highest BCUT2D eigenvalue weighted by molar-refractivity contribution is 9.10. The zero-order valence-electron chi connectivity index (χ0n) is 15.8. The Bertz CT molecular complexity index is 1110. The Labute approximate surface area is 176 Å². The molecule has 2 atom stereocenters. The van der Waals surface area contributed by atoms with Crippen LogP contribution in [0.15, 0.2) is 63.9 Å². The van der Waals surface area contributed by atoms with Crippen molar-refractivity contribution in [3.63, 3.8) is 0 Å². The molecule has 1 aliphatic rings. The van der Waals surface area contributed by atoms with E-state index >= 15 is 0 Å². The monoisotopic (exact) mass is 457 g/mol. The van der Waals surface area contributed by atoms with Crippen molar-refractivity contribution >= 4 is 39.3 Å². The third-order valence-corrected chi connectivity index (χ3v) is 6.90. The van der Waals surface area contributed by atoms with Gasteiger partial charge in [0.25, 0.3) is 5.56 Å². The zero-order chi connectivity index (χ0) is 20.0. The van der Waals surface area contributed by atoms with Gasteiger partial charge in [0.15, 0.2) is 0 Å². The summed E-state index contributed by atoms with van der Waals surface area (Å²) in [7, 11) is 1.85. The van der Waals surface area contributed by atoms with Gasteiger partial charge in [-0.15, -0.1) is 11.8 Å². The standard InChI is InChI=1S/C21H20BrN3O2S/c1-13-18(20(27)25(23(13)3)17-10-5-4-6-11-17)24-19(26)14(2)28-21(24)15-8-7-9-16(22)12-15/h4-12,14,21H,1-3H3/t14-,21+/m0/s1. The SMILES string of the molecule is Cc1c(N2C(=O)[C@H](C)S[C@@H]2c2cccc(Br)c2)c(=O)n(-c2ccccc2)n1C. The molecule has 0 radical (unpaired) electrons. The van der Waals surface area contributed by atoms with Crippen LogP contribution in [0.25, 0.3) is 5.69 Å². The number of amides is 1. The van der Waals surface area contributed by atoms with Gasteiger partial charge in [0.05, 0.1) is 16.6 Å². The minimum atomic E-state index is -0.238. The molecule has 2 aromatic carbocycles. The molecule has 3 aromatic rings. The lowest BCUT2D eigenvalue weighted by Crippen LogP contribution is -2.34. The highest BCUT2D eigenvalue weighted by atomic mass is 79.9. The first kappa shape index (κ1) is 19.1. The van der Waals surface area contributed by atoms with E-state index in [4.69, 9.17) is 0 Å². The van der Waals surface area contributed by atoms with Crippen molar-refractivity contribution in [1.29, 1.82) is 0 Å². The summed E-state index contributed by atoms with van der Waals surface area (Å²) < 4.78 is 4.37. The van der Waals surface area contributed by atoms with Gasteiger partial charge >= 0.3 is 0 Å². The first-order valence-electron chi connectivity index (χ1n) is 8.98. The van der Waals surface area contributed by atoms with Crippen LogP contribution in [-0.4, -0.2) is 20.5 Å². The molecule has 5 nitrogen and oxygen atoms in total. The first-order valence-corrected chi connectivity index (χ1v) is 10.7. The topological polar surface area (TPSA) is 47.2 Å². The van der Waals surface area contributed by atoms with Crippen LogP contribution in [0, 0.1) is 6.92 Å². The average molecular weight is 458 g/mol. The van der Waals surface area contributed by atoms with Crippen molar-refractivity contribution < 1.29 is 4.79 Å². The number of aromatic nitrogens is 2. The van der Waals surface area contributed by atoms with Crippen LogP contribution in [0.2, 0.25) is 0 Å². The molecule has 0 bridgehead atoms. The van der Waals surface area contributed by atoms with Gasteiger partial charge in [-0.25, -0.2) is 4.68 Å². The lowest BCUT2D eigenvalue weighted by Gasteiger charge is -2.23. The van der Waals surface area contributed by atoms with Crippen molar-refractivity contribution in [2.24, 2.45) is 7.05 Å². The molecule has 1 saturated heterocycles. The van der Waals surface area contributed by atoms with Crippen LogP contribution in [0.4, 0.5) is 5.69 Å². The predicted molar refractivity (Wildman–Crippen MR) is 117 cm³/mol. The molecule has 1 amide bonds. The Hall–Kier alpha value is -2.25. The van der Waals surface area contributed by atoms with Crippen LogP contribution < -0.4 is 10.5 Å². The number of carbonyl (C=O) groups is 1. The molecule has 0 unspecified atom stereocenters. The summed E-state index contributed by atoms with van der Waals surface area (Å²) >= 11 is 5.07. The highest BCUT2D eigenvalue weighted by Crippen LogP contribution is 2.45. The van der Waals surface area contributed by atoms with Gasteiger partial charge in [-0.2, -0.15) is 0 Å². The molecule has 144 valence electrons. The predicted octanol–water partition coefficient (Wildman–Crippen LogP) is 4.41. The van der Waals surface area contributed by atoms with Gasteiger partial charge in [-0.3, -0.25) is 19.2 Å². The van der Waals surface area contributed by atoms with Crippen LogP contribution in [0.3, 0.4) is 0 Å². The third kappa shape index (κ3) is 3.02. The number of hydrogen-bond acceptors (Lipinski definition) is 3. The molecule has 1 fully saturated rings. The molecular formula is C21H20BrN3O2S. The lowest BCUT2D eigenvalue weighted by molar-refractivity contribution is -0.117. The first-order chi connectivity index (χ1) is 13.4. The Morgan fingerprint density at radius 2 is 1.75 bits per heavy atom. The Kier molecular flexibility index (Phi) is 4.97. The summed E-state index contributed by atoms with van der Waals surface area (Å²) in [6, 6.07) is 17.4. The van der Waals surface area contributed by atoms with E-state index in [1.165, 1.54) is 0 Å². The fourth-order valence-corrected chi connectivity index (χ4v) is 5.24. The minimum Gasteiger partial charge on any atom is -0.288 e. The second kappa shape index (κ2) is 7.29. The van der Waals surface area contributed by atoms with Gasteiger partial charge < -0.3 is 0 Å². The number of rotatable bonds is 3. The normalized spacial score (nSPS) is 19.4. The molecule has 0 spiro atoms. The Balaban J connectivity index is 1.89. The molecule has 28 heavy (non-hydrogen) atoms. The van der Waals surface area contributed by atoms with Gasteiger partial charge in [0.2, 0.25) is 5.91 Å². The molecule has 1 aliphatic heterocycles. The van der Waals surface area contributed by atoms with E-state index in [0.29, 0.717) is 5.69 Å². The highest BCUT2D eigenvalue weighted by Gasteiger charge is 2.42. The van der Waals surface area contributed by atoms with Crippen molar-refractivity contribution in [1.82, 2.24) is 9.36 Å². The summed E-state index contributed by atoms with van der Waals surface area (Å²) in [4.78, 5) is 28.2. The van der Waals surface area contributed by atoms with Crippen LogP contribution in [-0.2, 0) is 11.8 Å². The van der Waals surface area contributed by atoms with E-state index in [2.05, 4.69) is 15.9 Å². The number of carbonyl (C=O) groups excluding carboxylic acids is 1. The van der Waals surface area contributed by atoms with Gasteiger partial charge in [-0.1, -0.05) is 46.3 Å². The minimum absolute atomic E-state index is 0.0408. The number of para-hydroxylation sites is 1. The smallest absolute Gasteiger partial charge is 0.288 e. The van der Waals surface area contributed by atoms with E-state index < -0.39 is 0 Å². The van der Waals surface area contributed by atoms with E-state index in [1.54, 1.807) is 21.3 Å². The number of benzene rings is 2. The summed E-state index contributed by atoms with van der Waals surface area (Å²) in [5, 5.41) is -0.453. The van der Waals surface area contributed by atoms with E-state index in [9.17, 15) is 9.59 Å². The maximum atomic E-state index is 13.4. The fraction of sp³-hybridized carbons (Fsp3) is 0.238. The second-order valence-corrected chi connectivity index (χ2v) is 9.15. The number of thioether (sulfide) groups is 1. The maximum Gasteiger partial charge on any atom is 0.295 e. The molecule has 0 N–H and O–H groups in total. The van der Waals surface area contributed by atoms with Crippen molar-refractivity contribution in [2.75, 3.05) is 4.90 Å². The Morgan fingerprint density at radius 3 is 2.43 bits per heavy atom. The van der Waals surface area contributed by atoms with E-state index in [-0.39, 0.29) is 22.1 Å². The number of nitrogens with zero attached hydrogens (tertiary/aromatic N) is 3. The van der Waals surface area contributed by atoms with Crippen LogP contribution in [0.5, 0.6) is 0 Å². The van der Waals surface area contributed by atoms with Crippen molar-refractivity contribution in [3.05, 3.63) is 80.7 Å². The zero-order valence-corrected chi connectivity index (χ0v) is 18.2. The average Bonchev–Trinajstić information content (AvgIpc) is 3.09. The fourth-order valence-electron chi connectivity index (χ4n) is 3.57. The molecule has 0 saturated carbocycles. The number of halogens is 1. The largest absolute Gasteiger partial charge is 0.295 e. The molecule has 7 heteroatoms. The van der Waals surface area contributed by atoms with E-state index in [1.807, 2.05) is 80.2 Å². The van der Waals surface area contributed by atoms with Crippen LogP contribution >= 0.6 is 27.7 Å². The molecule has 0 aliphatic carbocycles. The maximum absolute atomic E-state index is 13.4. The van der Waals surface area contributed by atoms with Gasteiger partial charge in [0.1, 0.15) is 11.1 Å². The number of hydrogen-bond donors (Lipinski definition) is 0. The molecular weight excluding hydrogens is 438 g/mol. The van der Waals surface area contributed by atoms with Crippen molar-refractivity contribution in [2.45, 2.75) is 24.5 Å². The summed E-state index contributed by atoms with van der Waals surface area (Å²) in [6.07, 6.45) is 0. The van der Waals surface area contributed by atoms with Crippen LogP contribution in [0.1, 0.15) is 23.6 Å². The third-order valence-electron chi connectivity index (χ3n) is 5.05. The van der Waals surface area contributed by atoms with Gasteiger partial charge in [0, 0.05) is 11.5 Å². The number of anilines is 1. The molecule has 2 heterocycles. The summed E-state index contributed by atoms with van der Waals surface area (Å²) in [5.74, 6) is -0.0408. The Morgan fingerprint density at radius 1 is 1.04 bits per heavy atom. The summed E-state index contributed by atoms with van der Waals surface area (Å²) in [6.45, 7) is 3.78. The molecule has 1 aromatic heterocycles. The lowest BCUT2D eigenvalue weighted by atomic mass is 10.2. The summed E-state index contributed by atoms with van der Waals surface area (Å²) in [5.41, 5.74) is 2.78. The quantitative estimate of drug-likeness (QED) is 0.584.